The van der Waals surface area contributed by atoms with Crippen LogP contribution >= 0.6 is 27.3 Å². The van der Waals surface area contributed by atoms with E-state index in [4.69, 9.17) is 0 Å². The van der Waals surface area contributed by atoms with Gasteiger partial charge in [0.25, 0.3) is 4.73 Å². The molecule has 0 aliphatic rings. The number of rotatable bonds is 5. The molecule has 9 nitrogen and oxygen atoms in total. The van der Waals surface area contributed by atoms with Crippen LogP contribution < -0.4 is 5.32 Å². The molecule has 0 atom stereocenters. The van der Waals surface area contributed by atoms with Crippen molar-refractivity contribution in [3.63, 3.8) is 0 Å². The predicted octanol–water partition coefficient (Wildman–Crippen LogP) is 1.28. The van der Waals surface area contributed by atoms with Crippen LogP contribution in [-0.4, -0.2) is 36.4 Å². The molecule has 96 valence electrons. The second kappa shape index (κ2) is 5.35. The van der Waals surface area contributed by atoms with Crippen molar-refractivity contribution in [2.45, 2.75) is 13.5 Å². The van der Waals surface area contributed by atoms with E-state index in [2.05, 4.69) is 41.5 Å². The summed E-state index contributed by atoms with van der Waals surface area (Å²) in [4.78, 5) is 13.5. The highest BCUT2D eigenvalue weighted by molar-refractivity contribution is 9.10. The van der Waals surface area contributed by atoms with E-state index in [0.29, 0.717) is 10.1 Å². The van der Waals surface area contributed by atoms with Gasteiger partial charge in [-0.1, -0.05) is 11.3 Å². The molecule has 2 aromatic heterocycles. The maximum Gasteiger partial charge on any atom is 0.492 e. The van der Waals surface area contributed by atoms with Crippen molar-refractivity contribution in [2.24, 2.45) is 0 Å². The van der Waals surface area contributed by atoms with Crippen molar-refractivity contribution in [3.05, 3.63) is 19.9 Å². The molecule has 0 bridgehead atoms. The Morgan fingerprint density at radius 3 is 2.94 bits per heavy atom. The summed E-state index contributed by atoms with van der Waals surface area (Å²) >= 11 is 4.47. The van der Waals surface area contributed by atoms with Gasteiger partial charge in [0.2, 0.25) is 5.13 Å². The van der Waals surface area contributed by atoms with Gasteiger partial charge in [0.15, 0.2) is 0 Å². The number of nitrogens with zero attached hydrogens (tertiary/aromatic N) is 6. The fraction of sp³-hybridized carbons (Fsp3) is 0.429. The molecule has 2 aromatic rings. The molecule has 18 heavy (non-hydrogen) atoms. The average molecular weight is 334 g/mol. The zero-order valence-corrected chi connectivity index (χ0v) is 11.6. The van der Waals surface area contributed by atoms with Crippen molar-refractivity contribution >= 4 is 38.3 Å². The normalized spacial score (nSPS) is 10.6. The Balaban J connectivity index is 2.14. The van der Waals surface area contributed by atoms with E-state index in [1.807, 2.05) is 6.92 Å². The van der Waals surface area contributed by atoms with Crippen LogP contribution in [0, 0.1) is 10.1 Å². The van der Waals surface area contributed by atoms with Gasteiger partial charge < -0.3 is 15.4 Å². The van der Waals surface area contributed by atoms with Gasteiger partial charge in [-0.2, -0.15) is 4.68 Å². The quantitative estimate of drug-likeness (QED) is 0.647. The van der Waals surface area contributed by atoms with Crippen molar-refractivity contribution < 1.29 is 4.92 Å². The number of anilines is 1. The average Bonchev–Trinajstić information content (AvgIpc) is 2.88. The maximum absolute atomic E-state index is 10.5. The Hall–Kier alpha value is -1.62. The van der Waals surface area contributed by atoms with Gasteiger partial charge in [-0.05, 0) is 16.8 Å². The number of halogens is 1. The van der Waals surface area contributed by atoms with Crippen LogP contribution in [0.4, 0.5) is 11.1 Å². The van der Waals surface area contributed by atoms with Crippen molar-refractivity contribution in [3.8, 4) is 0 Å². The Kier molecular flexibility index (Phi) is 3.81. The minimum absolute atomic E-state index is 0.282. The summed E-state index contributed by atoms with van der Waals surface area (Å²) in [7, 11) is 0. The van der Waals surface area contributed by atoms with Crippen LogP contribution in [-0.2, 0) is 6.54 Å². The molecular weight excluding hydrogens is 326 g/mol. The lowest BCUT2D eigenvalue weighted by Gasteiger charge is -1.92. The molecule has 11 heteroatoms. The molecule has 0 saturated carbocycles. The summed E-state index contributed by atoms with van der Waals surface area (Å²) in [6.07, 6.45) is 0. The first-order valence-corrected chi connectivity index (χ1v) is 6.52. The van der Waals surface area contributed by atoms with Gasteiger partial charge in [0.05, 0.1) is 0 Å². The number of aromatic nitrogens is 5. The second-order valence-corrected chi connectivity index (χ2v) is 4.90. The smallest absolute Gasteiger partial charge is 0.390 e. The highest BCUT2D eigenvalue weighted by atomic mass is 79.9. The first kappa shape index (κ1) is 12.8. The molecule has 2 heterocycles. The highest BCUT2D eigenvalue weighted by Crippen LogP contribution is 2.18. The Labute approximate surface area is 114 Å². The van der Waals surface area contributed by atoms with Gasteiger partial charge in [0.1, 0.15) is 11.6 Å². The maximum atomic E-state index is 10.5. The monoisotopic (exact) mass is 333 g/mol. The minimum Gasteiger partial charge on any atom is -0.390 e. The molecule has 0 amide bonds. The lowest BCUT2D eigenvalue weighted by atomic mass is 10.7. The molecular formula is C7H8BrN7O2S. The van der Waals surface area contributed by atoms with Crippen LogP contribution in [0.5, 0.6) is 0 Å². The summed E-state index contributed by atoms with van der Waals surface area (Å²) in [6, 6.07) is 0. The van der Waals surface area contributed by atoms with Crippen molar-refractivity contribution in [2.75, 3.05) is 11.9 Å². The summed E-state index contributed by atoms with van der Waals surface area (Å²) in [5.74, 6) is -0.446. The molecule has 0 aromatic carbocycles. The van der Waals surface area contributed by atoms with E-state index >= 15 is 0 Å². The second-order valence-electron chi connectivity index (χ2n) is 3.13. The van der Waals surface area contributed by atoms with E-state index in [-0.39, 0.29) is 11.3 Å². The highest BCUT2D eigenvalue weighted by Gasteiger charge is 2.20. The number of nitro groups is 1. The van der Waals surface area contributed by atoms with E-state index in [9.17, 15) is 10.1 Å². The summed E-state index contributed by atoms with van der Waals surface area (Å²) in [5.41, 5.74) is 0. The van der Waals surface area contributed by atoms with E-state index in [1.54, 1.807) is 0 Å². The molecule has 0 aliphatic heterocycles. The van der Waals surface area contributed by atoms with Crippen LogP contribution in [0.15, 0.2) is 4.73 Å². The summed E-state index contributed by atoms with van der Waals surface area (Å²) in [6.45, 7) is 3.00. The fourth-order valence-corrected chi connectivity index (χ4v) is 2.31. The zero-order chi connectivity index (χ0) is 13.1. The van der Waals surface area contributed by atoms with E-state index in [1.165, 1.54) is 16.0 Å². The van der Waals surface area contributed by atoms with Crippen LogP contribution in [0.3, 0.4) is 0 Å². The topological polar surface area (TPSA) is 112 Å². The fourth-order valence-electron chi connectivity index (χ4n) is 1.16. The molecule has 0 fully saturated rings. The first-order valence-electron chi connectivity index (χ1n) is 4.91. The molecule has 0 saturated heterocycles. The lowest BCUT2D eigenvalue weighted by molar-refractivity contribution is -0.394. The molecule has 0 spiro atoms. The third kappa shape index (κ3) is 2.79. The van der Waals surface area contributed by atoms with Crippen molar-refractivity contribution in [1.82, 2.24) is 25.0 Å². The van der Waals surface area contributed by atoms with Gasteiger partial charge in [0, 0.05) is 27.6 Å². The number of nitrogens with one attached hydrogen (secondary N) is 1. The molecule has 1 N–H and O–H groups in total. The Morgan fingerprint density at radius 2 is 2.33 bits per heavy atom. The van der Waals surface area contributed by atoms with Gasteiger partial charge >= 0.3 is 5.95 Å². The van der Waals surface area contributed by atoms with E-state index < -0.39 is 10.9 Å². The van der Waals surface area contributed by atoms with Crippen molar-refractivity contribution in [1.29, 1.82) is 0 Å². The molecule has 0 aliphatic carbocycles. The molecule has 2 rings (SSSR count). The van der Waals surface area contributed by atoms with Gasteiger partial charge in [-0.3, -0.25) is 0 Å². The van der Waals surface area contributed by atoms with Crippen LogP contribution in [0.1, 0.15) is 11.9 Å². The Bertz CT molecular complexity index is 568. The SMILES string of the molecule is CCNc1nnc(Cn2nc([N+](=O)[O-])nc2Br)s1. The first-order chi connectivity index (χ1) is 8.60. The zero-order valence-electron chi connectivity index (χ0n) is 9.20. The minimum atomic E-state index is -0.647. The summed E-state index contributed by atoms with van der Waals surface area (Å²) in [5, 5.41) is 26.6. The summed E-state index contributed by atoms with van der Waals surface area (Å²) < 4.78 is 1.64. The Morgan fingerprint density at radius 1 is 1.56 bits per heavy atom. The van der Waals surface area contributed by atoms with Crippen LogP contribution in [0.2, 0.25) is 0 Å². The largest absolute Gasteiger partial charge is 0.492 e. The standard InChI is InChI=1S/C7H8BrN7O2S/c1-2-9-7-12-11-4(18-7)3-14-5(8)10-6(13-14)15(16)17/h2-3H2,1H3,(H,9,12). The lowest BCUT2D eigenvalue weighted by Crippen LogP contribution is -2.02. The van der Waals surface area contributed by atoms with Gasteiger partial charge in [-0.15, -0.1) is 10.2 Å². The third-order valence-electron chi connectivity index (χ3n) is 1.86. The molecule has 0 radical (unpaired) electrons. The molecule has 0 unspecified atom stereocenters. The van der Waals surface area contributed by atoms with Gasteiger partial charge in [-0.25, -0.2) is 0 Å². The third-order valence-corrected chi connectivity index (χ3v) is 3.31. The number of hydrogen-bond donors (Lipinski definition) is 1. The predicted molar refractivity (Wildman–Crippen MR) is 67.6 cm³/mol. The van der Waals surface area contributed by atoms with Crippen LogP contribution in [0.25, 0.3) is 0 Å². The number of hydrogen-bond acceptors (Lipinski definition) is 8. The van der Waals surface area contributed by atoms with E-state index in [0.717, 1.165) is 6.54 Å².